The summed E-state index contributed by atoms with van der Waals surface area (Å²) in [6, 6.07) is 5.01. The van der Waals surface area contributed by atoms with Gasteiger partial charge in [-0.1, -0.05) is 26.8 Å². The summed E-state index contributed by atoms with van der Waals surface area (Å²) in [5.74, 6) is 0.821. The molecule has 0 aliphatic rings. The number of ether oxygens (including phenoxy) is 2. The summed E-state index contributed by atoms with van der Waals surface area (Å²) in [5, 5.41) is 3.19. The first-order valence-electron chi connectivity index (χ1n) is 7.28. The highest BCUT2D eigenvalue weighted by Gasteiger charge is 2.10. The number of hydrogen-bond acceptors (Lipinski definition) is 3. The van der Waals surface area contributed by atoms with Gasteiger partial charge in [-0.15, -0.1) is 0 Å². The van der Waals surface area contributed by atoms with Crippen molar-refractivity contribution in [2.24, 2.45) is 5.92 Å². The molecule has 1 aromatic rings. The van der Waals surface area contributed by atoms with E-state index in [1.165, 1.54) is 6.07 Å². The number of nitrogens with one attached hydrogen (secondary N) is 1. The van der Waals surface area contributed by atoms with Gasteiger partial charge in [-0.3, -0.25) is 0 Å². The Kier molecular flexibility index (Phi) is 7.55. The Morgan fingerprint density at radius 1 is 1.20 bits per heavy atom. The van der Waals surface area contributed by atoms with Crippen molar-refractivity contribution in [3.63, 3.8) is 0 Å². The predicted octanol–water partition coefficient (Wildman–Crippen LogP) is 3.55. The van der Waals surface area contributed by atoms with Crippen LogP contribution in [-0.2, 0) is 4.74 Å². The lowest BCUT2D eigenvalue weighted by Gasteiger charge is -2.15. The standard InChI is InChI=1S/C16H26FNO2/c1-5-18-13(4)15-7-6-14(10-16(15)17)20-9-8-19-11-12(2)3/h6-7,10,12-13,18H,5,8-9,11H2,1-4H3. The second kappa shape index (κ2) is 8.93. The zero-order valence-electron chi connectivity index (χ0n) is 12.9. The van der Waals surface area contributed by atoms with Crippen LogP contribution >= 0.6 is 0 Å². The topological polar surface area (TPSA) is 30.5 Å². The maximum absolute atomic E-state index is 14.0. The van der Waals surface area contributed by atoms with Gasteiger partial charge in [0.25, 0.3) is 0 Å². The van der Waals surface area contributed by atoms with Crippen LogP contribution in [0.1, 0.15) is 39.3 Å². The summed E-state index contributed by atoms with van der Waals surface area (Å²) in [7, 11) is 0. The summed E-state index contributed by atoms with van der Waals surface area (Å²) in [6.07, 6.45) is 0. The van der Waals surface area contributed by atoms with Crippen molar-refractivity contribution in [2.45, 2.75) is 33.7 Å². The van der Waals surface area contributed by atoms with Crippen molar-refractivity contribution in [3.05, 3.63) is 29.6 Å². The van der Waals surface area contributed by atoms with E-state index in [4.69, 9.17) is 9.47 Å². The van der Waals surface area contributed by atoms with Gasteiger partial charge in [0.05, 0.1) is 6.61 Å². The molecule has 0 saturated heterocycles. The van der Waals surface area contributed by atoms with Gasteiger partial charge in [0.2, 0.25) is 0 Å². The largest absolute Gasteiger partial charge is 0.491 e. The molecule has 1 atom stereocenters. The fourth-order valence-corrected chi connectivity index (χ4v) is 1.90. The summed E-state index contributed by atoms with van der Waals surface area (Å²) in [6.45, 7) is 10.6. The normalized spacial score (nSPS) is 12.7. The summed E-state index contributed by atoms with van der Waals surface area (Å²) in [5.41, 5.74) is 0.662. The molecule has 0 saturated carbocycles. The first-order valence-corrected chi connectivity index (χ1v) is 7.28. The van der Waals surface area contributed by atoms with Gasteiger partial charge in [-0.25, -0.2) is 4.39 Å². The third-order valence-electron chi connectivity index (χ3n) is 2.90. The number of benzene rings is 1. The van der Waals surface area contributed by atoms with Crippen LogP contribution in [-0.4, -0.2) is 26.4 Å². The molecule has 0 amide bonds. The minimum absolute atomic E-state index is 0.00317. The number of hydrogen-bond donors (Lipinski definition) is 1. The zero-order chi connectivity index (χ0) is 15.0. The predicted molar refractivity (Wildman–Crippen MR) is 79.6 cm³/mol. The second-order valence-corrected chi connectivity index (χ2v) is 5.28. The highest BCUT2D eigenvalue weighted by atomic mass is 19.1. The van der Waals surface area contributed by atoms with Crippen molar-refractivity contribution >= 4 is 0 Å². The van der Waals surface area contributed by atoms with Gasteiger partial charge < -0.3 is 14.8 Å². The lowest BCUT2D eigenvalue weighted by Crippen LogP contribution is -2.18. The minimum Gasteiger partial charge on any atom is -0.491 e. The van der Waals surface area contributed by atoms with E-state index in [0.29, 0.717) is 30.4 Å². The van der Waals surface area contributed by atoms with Crippen molar-refractivity contribution in [1.82, 2.24) is 5.32 Å². The monoisotopic (exact) mass is 283 g/mol. The molecule has 114 valence electrons. The number of halogens is 1. The molecule has 1 aromatic carbocycles. The van der Waals surface area contributed by atoms with Crippen LogP contribution in [0.5, 0.6) is 5.75 Å². The molecule has 0 heterocycles. The first kappa shape index (κ1) is 16.9. The van der Waals surface area contributed by atoms with E-state index >= 15 is 0 Å². The molecule has 0 radical (unpaired) electrons. The third-order valence-corrected chi connectivity index (χ3v) is 2.90. The Morgan fingerprint density at radius 3 is 2.55 bits per heavy atom. The molecule has 1 N–H and O–H groups in total. The molecule has 0 spiro atoms. The van der Waals surface area contributed by atoms with E-state index < -0.39 is 0 Å². The van der Waals surface area contributed by atoms with Crippen LogP contribution in [0.25, 0.3) is 0 Å². The van der Waals surface area contributed by atoms with Crippen molar-refractivity contribution < 1.29 is 13.9 Å². The van der Waals surface area contributed by atoms with Crippen molar-refractivity contribution in [1.29, 1.82) is 0 Å². The van der Waals surface area contributed by atoms with Crippen LogP contribution in [0.2, 0.25) is 0 Å². The molecule has 1 unspecified atom stereocenters. The molecule has 0 aliphatic heterocycles. The number of rotatable bonds is 9. The molecule has 0 bridgehead atoms. The second-order valence-electron chi connectivity index (χ2n) is 5.28. The van der Waals surface area contributed by atoms with E-state index in [2.05, 4.69) is 19.2 Å². The van der Waals surface area contributed by atoms with Crippen molar-refractivity contribution in [3.8, 4) is 5.75 Å². The van der Waals surface area contributed by atoms with Crippen LogP contribution in [0.4, 0.5) is 4.39 Å². The molecule has 3 nitrogen and oxygen atoms in total. The Balaban J connectivity index is 2.43. The average molecular weight is 283 g/mol. The molecular formula is C16H26FNO2. The molecule has 0 fully saturated rings. The Hall–Kier alpha value is -1.13. The van der Waals surface area contributed by atoms with Gasteiger partial charge >= 0.3 is 0 Å². The van der Waals surface area contributed by atoms with Crippen LogP contribution in [0, 0.1) is 11.7 Å². The van der Waals surface area contributed by atoms with Crippen LogP contribution in [0.15, 0.2) is 18.2 Å². The maximum atomic E-state index is 14.0. The lowest BCUT2D eigenvalue weighted by molar-refractivity contribution is 0.0818. The van der Waals surface area contributed by atoms with Gasteiger partial charge in [0.1, 0.15) is 18.2 Å². The van der Waals surface area contributed by atoms with E-state index in [1.807, 2.05) is 13.8 Å². The summed E-state index contributed by atoms with van der Waals surface area (Å²) >= 11 is 0. The Labute approximate surface area is 121 Å². The van der Waals surface area contributed by atoms with E-state index in [0.717, 1.165) is 13.2 Å². The zero-order valence-corrected chi connectivity index (χ0v) is 12.9. The Bertz CT molecular complexity index is 396. The highest BCUT2D eigenvalue weighted by Crippen LogP contribution is 2.21. The SMILES string of the molecule is CCNC(C)c1ccc(OCCOCC(C)C)cc1F. The lowest BCUT2D eigenvalue weighted by atomic mass is 10.1. The van der Waals surface area contributed by atoms with Crippen LogP contribution < -0.4 is 10.1 Å². The molecular weight excluding hydrogens is 257 g/mol. The van der Waals surface area contributed by atoms with E-state index in [-0.39, 0.29) is 11.9 Å². The van der Waals surface area contributed by atoms with E-state index in [9.17, 15) is 4.39 Å². The average Bonchev–Trinajstić information content (AvgIpc) is 2.38. The Morgan fingerprint density at radius 2 is 1.95 bits per heavy atom. The molecule has 20 heavy (non-hydrogen) atoms. The molecule has 1 rings (SSSR count). The smallest absolute Gasteiger partial charge is 0.131 e. The molecule has 4 heteroatoms. The fourth-order valence-electron chi connectivity index (χ4n) is 1.90. The van der Waals surface area contributed by atoms with Gasteiger partial charge in [-0.2, -0.15) is 0 Å². The fraction of sp³-hybridized carbons (Fsp3) is 0.625. The first-order chi connectivity index (χ1) is 9.54. The van der Waals surface area contributed by atoms with Gasteiger partial charge in [0, 0.05) is 24.3 Å². The van der Waals surface area contributed by atoms with Gasteiger partial charge in [-0.05, 0) is 25.5 Å². The third kappa shape index (κ3) is 5.88. The molecule has 0 aromatic heterocycles. The summed E-state index contributed by atoms with van der Waals surface area (Å²) in [4.78, 5) is 0. The minimum atomic E-state index is -0.237. The highest BCUT2D eigenvalue weighted by molar-refractivity contribution is 5.30. The quantitative estimate of drug-likeness (QED) is 0.703. The maximum Gasteiger partial charge on any atom is 0.131 e. The van der Waals surface area contributed by atoms with Crippen molar-refractivity contribution in [2.75, 3.05) is 26.4 Å². The molecule has 0 aliphatic carbocycles. The van der Waals surface area contributed by atoms with Crippen LogP contribution in [0.3, 0.4) is 0 Å². The van der Waals surface area contributed by atoms with Gasteiger partial charge in [0.15, 0.2) is 0 Å². The van der Waals surface area contributed by atoms with E-state index in [1.54, 1.807) is 12.1 Å². The summed E-state index contributed by atoms with van der Waals surface area (Å²) < 4.78 is 24.8.